The van der Waals surface area contributed by atoms with Crippen molar-refractivity contribution in [3.05, 3.63) is 53.1 Å². The highest BCUT2D eigenvalue weighted by atomic mass is 35.5. The van der Waals surface area contributed by atoms with E-state index in [1.807, 2.05) is 42.5 Å². The summed E-state index contributed by atoms with van der Waals surface area (Å²) in [6.45, 7) is 3.61. The molecule has 1 N–H and O–H groups in total. The standard InChI is InChI=1S/C23H26ClN3O4Si/c24-18-3-1-4-19(16-18)25-11-13-26(14-12-25)32(31)20-7-8-21-17(15-20)9-10-27(21)22(28)5-2-6-23(29)30/h1,3-4,7-8,15-16H,2,5-6,9-14H2,(H,29,30). The molecule has 1 fully saturated rings. The Hall–Kier alpha value is -2.71. The first kappa shape index (κ1) is 22.5. The van der Waals surface area contributed by atoms with E-state index in [0.29, 0.717) is 18.0 Å². The van der Waals surface area contributed by atoms with E-state index in [1.54, 1.807) is 4.90 Å². The number of piperazine rings is 1. The average Bonchev–Trinajstić information content (AvgIpc) is 3.22. The molecule has 168 valence electrons. The Morgan fingerprint density at radius 3 is 2.50 bits per heavy atom. The van der Waals surface area contributed by atoms with Gasteiger partial charge in [0.25, 0.3) is 0 Å². The SMILES string of the molecule is O=C(O)CCCC(=O)N1CCc2cc([Si](=O)N3CCN(c4cccc(Cl)c4)CC3)ccc21. The summed E-state index contributed by atoms with van der Waals surface area (Å²) in [5, 5.41) is 10.3. The fourth-order valence-electron chi connectivity index (χ4n) is 4.34. The topological polar surface area (TPSA) is 81.2 Å². The smallest absolute Gasteiger partial charge is 0.431 e. The second-order valence-electron chi connectivity index (χ2n) is 8.15. The Kier molecular flexibility index (Phi) is 6.91. The molecule has 4 rings (SSSR count). The van der Waals surface area contributed by atoms with Crippen molar-refractivity contribution in [1.29, 1.82) is 0 Å². The highest BCUT2D eigenvalue weighted by Gasteiger charge is 2.28. The fraction of sp³-hybridized carbons (Fsp3) is 0.391. The van der Waals surface area contributed by atoms with Crippen molar-refractivity contribution in [3.8, 4) is 0 Å². The number of anilines is 2. The van der Waals surface area contributed by atoms with Crippen molar-refractivity contribution in [2.24, 2.45) is 0 Å². The zero-order valence-corrected chi connectivity index (χ0v) is 19.6. The highest BCUT2D eigenvalue weighted by Crippen LogP contribution is 2.28. The summed E-state index contributed by atoms with van der Waals surface area (Å²) >= 11 is 6.11. The Bertz CT molecular complexity index is 1040. The first-order chi connectivity index (χ1) is 15.4. The quantitative estimate of drug-likeness (QED) is 0.625. The van der Waals surface area contributed by atoms with Crippen LogP contribution in [-0.2, 0) is 20.5 Å². The minimum absolute atomic E-state index is 0.00207. The first-order valence-corrected chi connectivity index (χ1v) is 12.6. The Balaban J connectivity index is 1.37. The van der Waals surface area contributed by atoms with Gasteiger partial charge in [-0.05, 0) is 48.7 Å². The van der Waals surface area contributed by atoms with Crippen LogP contribution in [0.1, 0.15) is 24.8 Å². The van der Waals surface area contributed by atoms with Gasteiger partial charge in [0.05, 0.1) is 0 Å². The lowest BCUT2D eigenvalue weighted by atomic mass is 10.1. The van der Waals surface area contributed by atoms with Crippen molar-refractivity contribution in [1.82, 2.24) is 4.57 Å². The third-order valence-corrected chi connectivity index (χ3v) is 8.11. The summed E-state index contributed by atoms with van der Waals surface area (Å²) in [7, 11) is -2.10. The average molecular weight is 472 g/mol. The molecule has 9 heteroatoms. The maximum Gasteiger partial charge on any atom is 0.431 e. The lowest BCUT2D eigenvalue weighted by molar-refractivity contribution is -0.137. The Labute approximate surface area is 193 Å². The number of fused-ring (bicyclic) bond motifs is 1. The maximum atomic E-state index is 13.3. The molecule has 0 radical (unpaired) electrons. The van der Waals surface area contributed by atoms with Crippen molar-refractivity contribution in [2.45, 2.75) is 25.7 Å². The van der Waals surface area contributed by atoms with Crippen LogP contribution in [-0.4, -0.2) is 63.1 Å². The Morgan fingerprint density at radius 2 is 1.78 bits per heavy atom. The molecule has 2 aliphatic rings. The largest absolute Gasteiger partial charge is 0.481 e. The van der Waals surface area contributed by atoms with Crippen LogP contribution in [0.4, 0.5) is 11.4 Å². The van der Waals surface area contributed by atoms with Gasteiger partial charge in [-0.25, -0.2) is 0 Å². The van der Waals surface area contributed by atoms with Crippen LogP contribution in [0.5, 0.6) is 0 Å². The fourth-order valence-corrected chi connectivity index (χ4v) is 6.02. The highest BCUT2D eigenvalue weighted by molar-refractivity contribution is 6.57. The molecule has 1 amide bonds. The molecule has 1 saturated heterocycles. The summed E-state index contributed by atoms with van der Waals surface area (Å²) in [5.74, 6) is -0.940. The summed E-state index contributed by atoms with van der Waals surface area (Å²) in [4.78, 5) is 27.1. The van der Waals surface area contributed by atoms with Crippen molar-refractivity contribution in [2.75, 3.05) is 42.5 Å². The number of nitrogens with zero attached hydrogens (tertiary/aromatic N) is 3. The lowest BCUT2D eigenvalue weighted by Crippen LogP contribution is -2.53. The summed E-state index contributed by atoms with van der Waals surface area (Å²) < 4.78 is 15.3. The van der Waals surface area contributed by atoms with Gasteiger partial charge in [0, 0.05) is 67.1 Å². The predicted molar refractivity (Wildman–Crippen MR) is 125 cm³/mol. The molecule has 2 aromatic rings. The summed E-state index contributed by atoms with van der Waals surface area (Å²) in [6, 6.07) is 13.5. The second-order valence-corrected chi connectivity index (χ2v) is 10.4. The number of carboxylic acid groups (broad SMARTS) is 1. The summed E-state index contributed by atoms with van der Waals surface area (Å²) in [6.07, 6.45) is 1.29. The molecule has 0 bridgehead atoms. The first-order valence-electron chi connectivity index (χ1n) is 10.9. The molecule has 0 aliphatic carbocycles. The third-order valence-electron chi connectivity index (χ3n) is 6.04. The number of halogens is 1. The normalized spacial score (nSPS) is 15.6. The maximum absolute atomic E-state index is 13.3. The van der Waals surface area contributed by atoms with Gasteiger partial charge in [0.15, 0.2) is 0 Å². The van der Waals surface area contributed by atoms with Gasteiger partial charge in [0.2, 0.25) is 5.91 Å². The van der Waals surface area contributed by atoms with E-state index in [4.69, 9.17) is 16.7 Å². The van der Waals surface area contributed by atoms with E-state index >= 15 is 0 Å². The number of carbonyl (C=O) groups excluding carboxylic acids is 1. The van der Waals surface area contributed by atoms with E-state index in [9.17, 15) is 14.1 Å². The molecule has 2 heterocycles. The number of hydrogen-bond donors (Lipinski definition) is 1. The van der Waals surface area contributed by atoms with E-state index < -0.39 is 14.8 Å². The van der Waals surface area contributed by atoms with Gasteiger partial charge in [-0.15, -0.1) is 0 Å². The molecule has 0 saturated carbocycles. The van der Waals surface area contributed by atoms with Crippen LogP contribution in [0.15, 0.2) is 42.5 Å². The van der Waals surface area contributed by atoms with E-state index in [0.717, 1.165) is 54.7 Å². The molecule has 7 nitrogen and oxygen atoms in total. The van der Waals surface area contributed by atoms with Crippen LogP contribution in [0.25, 0.3) is 0 Å². The molecule has 0 unspecified atom stereocenters. The summed E-state index contributed by atoms with van der Waals surface area (Å²) in [5.41, 5.74) is 2.97. The number of aliphatic carboxylic acids is 1. The van der Waals surface area contributed by atoms with Gasteiger partial charge in [0.1, 0.15) is 0 Å². The van der Waals surface area contributed by atoms with E-state index in [1.165, 1.54) is 0 Å². The van der Waals surface area contributed by atoms with Crippen LogP contribution >= 0.6 is 11.6 Å². The molecular weight excluding hydrogens is 446 g/mol. The van der Waals surface area contributed by atoms with Crippen LogP contribution in [0, 0.1) is 0 Å². The molecule has 32 heavy (non-hydrogen) atoms. The number of benzene rings is 2. The minimum atomic E-state index is -2.10. The van der Waals surface area contributed by atoms with Crippen molar-refractivity contribution >= 4 is 48.9 Å². The zero-order valence-electron chi connectivity index (χ0n) is 17.8. The zero-order chi connectivity index (χ0) is 22.7. The van der Waals surface area contributed by atoms with Crippen LogP contribution in [0.3, 0.4) is 0 Å². The molecular formula is C23H26ClN3O4Si. The van der Waals surface area contributed by atoms with Crippen molar-refractivity contribution in [3.63, 3.8) is 0 Å². The van der Waals surface area contributed by atoms with Crippen LogP contribution in [0.2, 0.25) is 5.02 Å². The van der Waals surface area contributed by atoms with Gasteiger partial charge in [-0.2, -0.15) is 0 Å². The molecule has 0 atom stereocenters. The van der Waals surface area contributed by atoms with Gasteiger partial charge in [-0.3, -0.25) is 9.59 Å². The van der Waals surface area contributed by atoms with Crippen LogP contribution < -0.4 is 15.0 Å². The predicted octanol–water partition coefficient (Wildman–Crippen LogP) is 2.43. The third kappa shape index (κ3) is 5.02. The molecule has 0 spiro atoms. The Morgan fingerprint density at radius 1 is 1.00 bits per heavy atom. The minimum Gasteiger partial charge on any atom is -0.481 e. The van der Waals surface area contributed by atoms with Gasteiger partial charge >= 0.3 is 14.8 Å². The molecule has 2 aliphatic heterocycles. The molecule has 0 aromatic heterocycles. The number of carboxylic acids is 1. The number of carbonyl (C=O) groups is 2. The van der Waals surface area contributed by atoms with E-state index in [-0.39, 0.29) is 18.7 Å². The lowest BCUT2D eigenvalue weighted by Gasteiger charge is -2.36. The number of amides is 1. The van der Waals surface area contributed by atoms with Crippen molar-refractivity contribution < 1.29 is 19.2 Å². The molecule has 2 aromatic carbocycles. The number of rotatable bonds is 7. The van der Waals surface area contributed by atoms with Gasteiger partial charge < -0.3 is 23.9 Å². The number of hydrogen-bond acceptors (Lipinski definition) is 4. The monoisotopic (exact) mass is 471 g/mol. The van der Waals surface area contributed by atoms with Gasteiger partial charge in [-0.1, -0.05) is 23.7 Å². The second kappa shape index (κ2) is 9.83. The van der Waals surface area contributed by atoms with E-state index in [2.05, 4.69) is 9.47 Å².